The quantitative estimate of drug-likeness (QED) is 0.704. The topological polar surface area (TPSA) is 88.9 Å². The Labute approximate surface area is 180 Å². The number of methoxy groups -OCH3 is 2. The first-order valence-corrected chi connectivity index (χ1v) is 10.0. The Balaban J connectivity index is 1.47. The number of nitrogens with zero attached hydrogens (tertiary/aromatic N) is 4. The Hall–Kier alpha value is -2.78. The molecule has 2 heterocycles. The highest BCUT2D eigenvalue weighted by molar-refractivity contribution is 6.31. The highest BCUT2D eigenvalue weighted by Gasteiger charge is 2.26. The number of hydrogen-bond acceptors (Lipinski definition) is 6. The highest BCUT2D eigenvalue weighted by atomic mass is 35.5. The molecule has 0 bridgehead atoms. The predicted molar refractivity (Wildman–Crippen MR) is 112 cm³/mol. The van der Waals surface area contributed by atoms with E-state index in [0.717, 1.165) is 13.1 Å². The number of piperazine rings is 1. The smallest absolute Gasteiger partial charge is 0.261 e. The van der Waals surface area contributed by atoms with Crippen LogP contribution in [-0.2, 0) is 7.05 Å². The Morgan fingerprint density at radius 3 is 2.53 bits per heavy atom. The van der Waals surface area contributed by atoms with Crippen molar-refractivity contribution in [1.82, 2.24) is 24.9 Å². The minimum Gasteiger partial charge on any atom is -0.496 e. The molecule has 10 heteroatoms. The van der Waals surface area contributed by atoms with Gasteiger partial charge in [-0.3, -0.25) is 19.2 Å². The number of ether oxygens (including phenoxy) is 2. The summed E-state index contributed by atoms with van der Waals surface area (Å²) in [6.07, 6.45) is 1.67. The van der Waals surface area contributed by atoms with E-state index in [0.29, 0.717) is 54.0 Å². The predicted octanol–water partition coefficient (Wildman–Crippen LogP) is 1.28. The Morgan fingerprint density at radius 1 is 1.13 bits per heavy atom. The molecule has 1 N–H and O–H groups in total. The first kappa shape index (κ1) is 21.9. The van der Waals surface area contributed by atoms with Crippen molar-refractivity contribution in [2.75, 3.05) is 53.5 Å². The average molecular weight is 436 g/mol. The van der Waals surface area contributed by atoms with E-state index in [2.05, 4.69) is 15.3 Å². The van der Waals surface area contributed by atoms with E-state index < -0.39 is 0 Å². The van der Waals surface area contributed by atoms with Gasteiger partial charge >= 0.3 is 0 Å². The van der Waals surface area contributed by atoms with E-state index in [-0.39, 0.29) is 11.8 Å². The number of carbonyl (C=O) groups is 2. The van der Waals surface area contributed by atoms with Gasteiger partial charge in [0.15, 0.2) is 0 Å². The summed E-state index contributed by atoms with van der Waals surface area (Å²) in [5, 5.41) is 7.52. The van der Waals surface area contributed by atoms with E-state index in [9.17, 15) is 9.59 Å². The highest BCUT2D eigenvalue weighted by Crippen LogP contribution is 2.22. The number of carbonyl (C=O) groups excluding carboxylic acids is 2. The van der Waals surface area contributed by atoms with Gasteiger partial charge in [-0.1, -0.05) is 11.6 Å². The van der Waals surface area contributed by atoms with E-state index in [1.54, 1.807) is 41.0 Å². The largest absolute Gasteiger partial charge is 0.496 e. The van der Waals surface area contributed by atoms with E-state index in [1.165, 1.54) is 14.2 Å². The third kappa shape index (κ3) is 5.03. The van der Waals surface area contributed by atoms with E-state index >= 15 is 0 Å². The first-order valence-electron chi connectivity index (χ1n) is 9.64. The molecule has 9 nitrogen and oxygen atoms in total. The third-order valence-electron chi connectivity index (χ3n) is 5.00. The number of hydrogen-bond donors (Lipinski definition) is 1. The first-order chi connectivity index (χ1) is 14.4. The molecule has 0 unspecified atom stereocenters. The molecule has 1 fully saturated rings. The van der Waals surface area contributed by atoms with Crippen LogP contribution >= 0.6 is 11.6 Å². The number of halogens is 1. The Kier molecular flexibility index (Phi) is 7.17. The molecule has 1 saturated heterocycles. The SMILES string of the molecule is COc1ccc(Cl)cc1C(=O)NCCN1CCN(C(=O)c2cn(C)nc2OC)CC1. The zero-order chi connectivity index (χ0) is 21.7. The summed E-state index contributed by atoms with van der Waals surface area (Å²) in [5.41, 5.74) is 0.877. The van der Waals surface area contributed by atoms with Gasteiger partial charge in [-0.05, 0) is 18.2 Å². The second-order valence-corrected chi connectivity index (χ2v) is 7.40. The Morgan fingerprint density at radius 2 is 1.87 bits per heavy atom. The van der Waals surface area contributed by atoms with Crippen LogP contribution in [0.2, 0.25) is 5.02 Å². The maximum absolute atomic E-state index is 12.7. The van der Waals surface area contributed by atoms with Crippen LogP contribution in [0.25, 0.3) is 0 Å². The van der Waals surface area contributed by atoms with Crippen molar-refractivity contribution in [3.63, 3.8) is 0 Å². The average Bonchev–Trinajstić information content (AvgIpc) is 3.14. The molecule has 1 aliphatic heterocycles. The summed E-state index contributed by atoms with van der Waals surface area (Å²) in [4.78, 5) is 29.2. The van der Waals surface area contributed by atoms with E-state index in [1.807, 2.05) is 0 Å². The van der Waals surface area contributed by atoms with Gasteiger partial charge in [0.25, 0.3) is 11.8 Å². The maximum atomic E-state index is 12.7. The molecule has 2 amide bonds. The van der Waals surface area contributed by atoms with Crippen molar-refractivity contribution in [2.24, 2.45) is 7.05 Å². The number of aryl methyl sites for hydroxylation is 1. The molecule has 0 spiro atoms. The van der Waals surface area contributed by atoms with Crippen LogP contribution in [0.1, 0.15) is 20.7 Å². The zero-order valence-corrected chi connectivity index (χ0v) is 18.1. The summed E-state index contributed by atoms with van der Waals surface area (Å²) in [6.45, 7) is 3.83. The number of amides is 2. The number of aromatic nitrogens is 2. The van der Waals surface area contributed by atoms with Crippen LogP contribution < -0.4 is 14.8 Å². The van der Waals surface area contributed by atoms with Crippen molar-refractivity contribution in [3.8, 4) is 11.6 Å². The Bertz CT molecular complexity index is 909. The summed E-state index contributed by atoms with van der Waals surface area (Å²) >= 11 is 5.99. The molecule has 30 heavy (non-hydrogen) atoms. The summed E-state index contributed by atoms with van der Waals surface area (Å²) < 4.78 is 12.0. The van der Waals surface area contributed by atoms with Crippen molar-refractivity contribution in [3.05, 3.63) is 40.5 Å². The monoisotopic (exact) mass is 435 g/mol. The summed E-state index contributed by atoms with van der Waals surface area (Å²) in [5.74, 6) is 0.506. The van der Waals surface area contributed by atoms with Crippen LogP contribution in [0.3, 0.4) is 0 Å². The molecule has 1 aliphatic rings. The van der Waals surface area contributed by atoms with Gasteiger partial charge in [0.2, 0.25) is 5.88 Å². The molecule has 0 aliphatic carbocycles. The van der Waals surface area contributed by atoms with Gasteiger partial charge in [0.1, 0.15) is 11.3 Å². The molecular formula is C20H26ClN5O4. The molecule has 162 valence electrons. The van der Waals surface area contributed by atoms with Crippen molar-refractivity contribution in [2.45, 2.75) is 0 Å². The van der Waals surface area contributed by atoms with Gasteiger partial charge < -0.3 is 19.7 Å². The van der Waals surface area contributed by atoms with E-state index in [4.69, 9.17) is 21.1 Å². The summed E-state index contributed by atoms with van der Waals surface area (Å²) in [7, 11) is 4.77. The second kappa shape index (κ2) is 9.82. The van der Waals surface area contributed by atoms with Crippen molar-refractivity contribution in [1.29, 1.82) is 0 Å². The fraction of sp³-hybridized carbons (Fsp3) is 0.450. The van der Waals surface area contributed by atoms with Gasteiger partial charge in [-0.15, -0.1) is 5.10 Å². The molecule has 0 atom stereocenters. The molecular weight excluding hydrogens is 410 g/mol. The van der Waals surface area contributed by atoms with Gasteiger partial charge in [0, 0.05) is 57.5 Å². The normalized spacial score (nSPS) is 14.5. The van der Waals surface area contributed by atoms with Gasteiger partial charge in [-0.25, -0.2) is 0 Å². The molecule has 1 aromatic carbocycles. The van der Waals surface area contributed by atoms with Crippen LogP contribution in [0.4, 0.5) is 0 Å². The van der Waals surface area contributed by atoms with Crippen molar-refractivity contribution >= 4 is 23.4 Å². The third-order valence-corrected chi connectivity index (χ3v) is 5.23. The molecule has 0 saturated carbocycles. The van der Waals surface area contributed by atoms with Crippen molar-refractivity contribution < 1.29 is 19.1 Å². The fourth-order valence-corrected chi connectivity index (χ4v) is 3.56. The second-order valence-electron chi connectivity index (χ2n) is 6.96. The van der Waals surface area contributed by atoms with Gasteiger partial charge in [0.05, 0.1) is 19.8 Å². The van der Waals surface area contributed by atoms with Gasteiger partial charge in [-0.2, -0.15) is 0 Å². The molecule has 1 aromatic heterocycles. The number of nitrogens with one attached hydrogen (secondary N) is 1. The lowest BCUT2D eigenvalue weighted by atomic mass is 10.2. The van der Waals surface area contributed by atoms with Crippen LogP contribution in [0.5, 0.6) is 11.6 Å². The molecule has 0 radical (unpaired) electrons. The standard InChI is InChI=1S/C20H26ClN5O4/c1-24-13-16(19(23-24)30-3)20(28)26-10-8-25(9-11-26)7-6-22-18(27)15-12-14(21)4-5-17(15)29-2/h4-5,12-13H,6-11H2,1-3H3,(H,22,27). The van der Waals surface area contributed by atoms with Crippen LogP contribution in [0, 0.1) is 0 Å². The minimum atomic E-state index is -0.230. The maximum Gasteiger partial charge on any atom is 0.261 e. The van der Waals surface area contributed by atoms with Crippen LogP contribution in [-0.4, -0.2) is 84.9 Å². The number of benzene rings is 1. The zero-order valence-electron chi connectivity index (χ0n) is 17.4. The molecule has 2 aromatic rings. The minimum absolute atomic E-state index is 0.0824. The number of rotatable bonds is 7. The lowest BCUT2D eigenvalue weighted by molar-refractivity contribution is 0.0634. The van der Waals surface area contributed by atoms with Crippen LogP contribution in [0.15, 0.2) is 24.4 Å². The lowest BCUT2D eigenvalue weighted by Crippen LogP contribution is -2.50. The lowest BCUT2D eigenvalue weighted by Gasteiger charge is -2.34. The fourth-order valence-electron chi connectivity index (χ4n) is 3.39. The summed E-state index contributed by atoms with van der Waals surface area (Å²) in [6, 6.07) is 4.94. The molecule has 3 rings (SSSR count).